The second-order valence-corrected chi connectivity index (χ2v) is 3.56. The summed E-state index contributed by atoms with van der Waals surface area (Å²) in [5.41, 5.74) is 0.293. The zero-order valence-corrected chi connectivity index (χ0v) is 9.49. The fourth-order valence-corrected chi connectivity index (χ4v) is 1.44. The third-order valence-corrected chi connectivity index (χ3v) is 2.29. The van der Waals surface area contributed by atoms with Crippen molar-refractivity contribution in [3.8, 4) is 11.4 Å². The third kappa shape index (κ3) is 2.22. The molecule has 0 spiro atoms. The van der Waals surface area contributed by atoms with Crippen LogP contribution in [-0.2, 0) is 0 Å². The Morgan fingerprint density at radius 1 is 1.28 bits per heavy atom. The van der Waals surface area contributed by atoms with Crippen molar-refractivity contribution in [2.24, 2.45) is 0 Å². The molecule has 1 N–H and O–H groups in total. The normalized spacial score (nSPS) is 10.1. The van der Waals surface area contributed by atoms with Crippen molar-refractivity contribution >= 4 is 11.8 Å². The summed E-state index contributed by atoms with van der Waals surface area (Å²) in [5.74, 6) is -1.41. The third-order valence-electron chi connectivity index (χ3n) is 2.29. The minimum atomic E-state index is -1.26. The number of aromatic nitrogens is 3. The number of carboxylic acids is 1. The minimum Gasteiger partial charge on any atom is -0.476 e. The van der Waals surface area contributed by atoms with Crippen molar-refractivity contribution in [2.75, 3.05) is 0 Å². The zero-order valence-electron chi connectivity index (χ0n) is 9.49. The highest BCUT2D eigenvalue weighted by Crippen LogP contribution is 2.15. The Balaban J connectivity index is 2.57. The molecule has 2 aromatic heterocycles. The van der Waals surface area contributed by atoms with E-state index in [2.05, 4.69) is 15.0 Å². The Hall–Kier alpha value is -2.63. The van der Waals surface area contributed by atoms with Crippen LogP contribution in [0.15, 0.2) is 30.7 Å². The lowest BCUT2D eigenvalue weighted by atomic mass is 10.1. The summed E-state index contributed by atoms with van der Waals surface area (Å²) in [6, 6.07) is 3.40. The van der Waals surface area contributed by atoms with Gasteiger partial charge in [-0.1, -0.05) is 0 Å². The fourth-order valence-electron chi connectivity index (χ4n) is 1.44. The number of carboxylic acid groups (broad SMARTS) is 1. The number of hydrogen-bond donors (Lipinski definition) is 1. The number of hydrogen-bond acceptors (Lipinski definition) is 5. The van der Waals surface area contributed by atoms with Gasteiger partial charge in [-0.3, -0.25) is 9.78 Å². The van der Waals surface area contributed by atoms with E-state index in [9.17, 15) is 9.59 Å². The predicted molar refractivity (Wildman–Crippen MR) is 62.2 cm³/mol. The van der Waals surface area contributed by atoms with Crippen LogP contribution in [0.4, 0.5) is 0 Å². The number of rotatable bonds is 3. The van der Waals surface area contributed by atoms with Crippen molar-refractivity contribution in [3.05, 3.63) is 42.0 Å². The second kappa shape index (κ2) is 4.70. The Morgan fingerprint density at radius 2 is 2.06 bits per heavy atom. The van der Waals surface area contributed by atoms with Gasteiger partial charge in [-0.2, -0.15) is 0 Å². The first kappa shape index (κ1) is 11.8. The summed E-state index contributed by atoms with van der Waals surface area (Å²) in [5, 5.41) is 9.03. The Kier molecular flexibility index (Phi) is 3.09. The van der Waals surface area contributed by atoms with E-state index in [1.807, 2.05) is 0 Å². The van der Waals surface area contributed by atoms with E-state index in [1.165, 1.54) is 19.3 Å². The van der Waals surface area contributed by atoms with Crippen LogP contribution >= 0.6 is 0 Å². The molecule has 0 saturated heterocycles. The largest absolute Gasteiger partial charge is 0.476 e. The Labute approximate surface area is 102 Å². The summed E-state index contributed by atoms with van der Waals surface area (Å²) >= 11 is 0. The molecule has 0 bridgehead atoms. The van der Waals surface area contributed by atoms with Gasteiger partial charge in [-0.25, -0.2) is 14.8 Å². The number of aromatic carboxylic acids is 1. The van der Waals surface area contributed by atoms with E-state index < -0.39 is 5.97 Å². The SMILES string of the molecule is CC(=O)c1cnc(-c2cccnc2)nc1C(=O)O. The van der Waals surface area contributed by atoms with Gasteiger partial charge in [0.25, 0.3) is 0 Å². The van der Waals surface area contributed by atoms with Gasteiger partial charge in [0.05, 0.1) is 5.56 Å². The van der Waals surface area contributed by atoms with Crippen LogP contribution in [-0.4, -0.2) is 31.8 Å². The van der Waals surface area contributed by atoms with Crippen LogP contribution in [0.1, 0.15) is 27.8 Å². The van der Waals surface area contributed by atoms with Gasteiger partial charge in [-0.15, -0.1) is 0 Å². The van der Waals surface area contributed by atoms with Gasteiger partial charge in [0.15, 0.2) is 17.3 Å². The van der Waals surface area contributed by atoms with E-state index in [1.54, 1.807) is 18.3 Å². The van der Waals surface area contributed by atoms with Crippen molar-refractivity contribution < 1.29 is 14.7 Å². The average molecular weight is 243 g/mol. The van der Waals surface area contributed by atoms with E-state index in [-0.39, 0.29) is 22.9 Å². The molecule has 90 valence electrons. The molecule has 0 amide bonds. The van der Waals surface area contributed by atoms with Crippen LogP contribution in [0.5, 0.6) is 0 Å². The van der Waals surface area contributed by atoms with Crippen molar-refractivity contribution in [1.82, 2.24) is 15.0 Å². The zero-order chi connectivity index (χ0) is 13.1. The minimum absolute atomic E-state index is 0.00450. The molecule has 0 aliphatic heterocycles. The lowest BCUT2D eigenvalue weighted by Gasteiger charge is -2.04. The molecule has 0 unspecified atom stereocenters. The van der Waals surface area contributed by atoms with E-state index >= 15 is 0 Å². The molecule has 0 aliphatic carbocycles. The lowest BCUT2D eigenvalue weighted by Crippen LogP contribution is -2.11. The quantitative estimate of drug-likeness (QED) is 0.820. The summed E-state index contributed by atoms with van der Waals surface area (Å²) in [7, 11) is 0. The van der Waals surface area contributed by atoms with E-state index in [0.29, 0.717) is 5.56 Å². The van der Waals surface area contributed by atoms with Crippen LogP contribution in [0.2, 0.25) is 0 Å². The summed E-state index contributed by atoms with van der Waals surface area (Å²) in [6.07, 6.45) is 4.33. The first-order chi connectivity index (χ1) is 8.59. The van der Waals surface area contributed by atoms with Gasteiger partial charge in [0.2, 0.25) is 0 Å². The van der Waals surface area contributed by atoms with Crippen LogP contribution in [0.3, 0.4) is 0 Å². The molecule has 18 heavy (non-hydrogen) atoms. The molecule has 0 fully saturated rings. The molecular formula is C12H9N3O3. The molecule has 2 aromatic rings. The van der Waals surface area contributed by atoms with Crippen molar-refractivity contribution in [1.29, 1.82) is 0 Å². The second-order valence-electron chi connectivity index (χ2n) is 3.56. The molecule has 2 rings (SSSR count). The van der Waals surface area contributed by atoms with Crippen LogP contribution in [0.25, 0.3) is 11.4 Å². The molecular weight excluding hydrogens is 234 g/mol. The van der Waals surface area contributed by atoms with Gasteiger partial charge in [-0.05, 0) is 19.1 Å². The molecule has 0 radical (unpaired) electrons. The average Bonchev–Trinajstić information content (AvgIpc) is 2.39. The number of pyridine rings is 1. The molecule has 6 nitrogen and oxygen atoms in total. The highest BCUT2D eigenvalue weighted by Gasteiger charge is 2.17. The van der Waals surface area contributed by atoms with Crippen molar-refractivity contribution in [2.45, 2.75) is 6.92 Å². The van der Waals surface area contributed by atoms with Gasteiger partial charge >= 0.3 is 5.97 Å². The summed E-state index contributed by atoms with van der Waals surface area (Å²) in [6.45, 7) is 1.27. The van der Waals surface area contributed by atoms with Gasteiger partial charge in [0.1, 0.15) is 0 Å². The lowest BCUT2D eigenvalue weighted by molar-refractivity contribution is 0.0685. The first-order valence-electron chi connectivity index (χ1n) is 5.11. The topological polar surface area (TPSA) is 93.0 Å². The fraction of sp³-hybridized carbons (Fsp3) is 0.0833. The number of carbonyl (C=O) groups excluding carboxylic acids is 1. The van der Waals surface area contributed by atoms with Crippen molar-refractivity contribution in [3.63, 3.8) is 0 Å². The predicted octanol–water partition coefficient (Wildman–Crippen LogP) is 1.44. The van der Waals surface area contributed by atoms with Gasteiger partial charge < -0.3 is 5.11 Å². The highest BCUT2D eigenvalue weighted by atomic mass is 16.4. The maximum absolute atomic E-state index is 11.3. The molecule has 6 heteroatoms. The molecule has 0 aromatic carbocycles. The van der Waals surface area contributed by atoms with Crippen LogP contribution < -0.4 is 0 Å². The van der Waals surface area contributed by atoms with Crippen LogP contribution in [0, 0.1) is 0 Å². The Morgan fingerprint density at radius 3 is 2.61 bits per heavy atom. The maximum Gasteiger partial charge on any atom is 0.355 e. The van der Waals surface area contributed by atoms with E-state index in [0.717, 1.165) is 0 Å². The summed E-state index contributed by atoms with van der Waals surface area (Å²) < 4.78 is 0. The molecule has 0 atom stereocenters. The number of nitrogens with zero attached hydrogens (tertiary/aromatic N) is 3. The smallest absolute Gasteiger partial charge is 0.355 e. The number of Topliss-reactive ketones (excluding diaryl/α,β-unsaturated/α-hetero) is 1. The van der Waals surface area contributed by atoms with Gasteiger partial charge in [0, 0.05) is 24.2 Å². The first-order valence-corrected chi connectivity index (χ1v) is 5.11. The number of carbonyl (C=O) groups is 2. The standard InChI is InChI=1S/C12H9N3O3/c1-7(16)9-6-14-11(15-10(9)12(17)18)8-3-2-4-13-5-8/h2-6H,1H3,(H,17,18). The number of ketones is 1. The molecule has 0 aliphatic rings. The maximum atomic E-state index is 11.3. The Bertz CT molecular complexity index is 611. The van der Waals surface area contributed by atoms with E-state index in [4.69, 9.17) is 5.11 Å². The molecule has 2 heterocycles. The highest BCUT2D eigenvalue weighted by molar-refractivity contribution is 6.03. The molecule has 0 saturated carbocycles. The monoisotopic (exact) mass is 243 g/mol. The summed E-state index contributed by atoms with van der Waals surface area (Å²) in [4.78, 5) is 34.1.